The minimum atomic E-state index is -1.57. The van der Waals surface area contributed by atoms with E-state index >= 15 is 9.59 Å². The zero-order valence-electron chi connectivity index (χ0n) is 56.8. The molecule has 1 aliphatic rings. The standard InChI is InChI=1S/C68H100N8O14/c1-21-85-51-37-69-75(39-51)67(13,14)49-27-23-47(24-28-49)35-57-61(79)73(19)53(31-41(3)4)63(81)87-46(12)60(78)72(18)56(34-44(9)10)66(84)90-58(36-48-25-29-50(30-26-48)68(15,16)76-40-52(38-70-76)86-22-2)62(80)74(20)54(32-42(5)6)64(82)88-45(11)59(77)71(17)55(33-43(7)8)65(83)89-57/h23-30,37-46,53-58H,21-22,31-36H2,1-20H3/t45-,46-,53+,54+,55+,56+,57-,58-/m1/s1. The molecule has 0 saturated carbocycles. The van der Waals surface area contributed by atoms with Crippen LogP contribution in [0.2, 0.25) is 0 Å². The molecular formula is C68H100N8O14. The molecule has 0 radical (unpaired) electrons. The van der Waals surface area contributed by atoms with E-state index < -0.39 is 107 Å². The maximum Gasteiger partial charge on any atom is 0.329 e. The van der Waals surface area contributed by atoms with E-state index in [1.54, 1.807) is 58.4 Å². The van der Waals surface area contributed by atoms with Crippen LogP contribution in [0.5, 0.6) is 11.5 Å². The van der Waals surface area contributed by atoms with Gasteiger partial charge in [0.25, 0.3) is 23.6 Å². The number of likely N-dealkylation sites (N-methyl/N-ethyl adjacent to an activating group) is 4. The molecule has 90 heavy (non-hydrogen) atoms. The first-order chi connectivity index (χ1) is 42.1. The van der Waals surface area contributed by atoms with Crippen molar-refractivity contribution >= 4 is 47.5 Å². The highest BCUT2D eigenvalue weighted by atomic mass is 16.6. The van der Waals surface area contributed by atoms with Gasteiger partial charge in [0.2, 0.25) is 0 Å². The van der Waals surface area contributed by atoms with Gasteiger partial charge in [-0.05, 0) is 127 Å². The molecule has 0 aliphatic carbocycles. The number of nitrogens with zero attached hydrogens (tertiary/aromatic N) is 8. The van der Waals surface area contributed by atoms with Crippen molar-refractivity contribution in [1.82, 2.24) is 39.2 Å². The van der Waals surface area contributed by atoms with E-state index in [9.17, 15) is 28.8 Å². The van der Waals surface area contributed by atoms with Gasteiger partial charge < -0.3 is 48.0 Å². The molecule has 1 saturated heterocycles. The number of cyclic esters (lactones) is 4. The van der Waals surface area contributed by atoms with E-state index in [0.717, 1.165) is 30.7 Å². The molecule has 0 N–H and O–H groups in total. The van der Waals surface area contributed by atoms with E-state index in [2.05, 4.69) is 10.2 Å². The molecule has 1 fully saturated rings. The summed E-state index contributed by atoms with van der Waals surface area (Å²) in [6, 6.07) is 9.50. The van der Waals surface area contributed by atoms with Crippen LogP contribution < -0.4 is 9.47 Å². The molecule has 496 valence electrons. The first kappa shape index (κ1) is 73.0. The number of rotatable bonds is 20. The van der Waals surface area contributed by atoms with Crippen LogP contribution in [0.3, 0.4) is 0 Å². The summed E-state index contributed by atoms with van der Waals surface area (Å²) in [6.45, 7) is 30.2. The van der Waals surface area contributed by atoms with Crippen LogP contribution in [0.25, 0.3) is 0 Å². The first-order valence-electron chi connectivity index (χ1n) is 31.6. The molecule has 8 atom stereocenters. The van der Waals surface area contributed by atoms with Crippen LogP contribution in [-0.2, 0) is 81.2 Å². The molecule has 1 aliphatic heterocycles. The average Bonchev–Trinajstić information content (AvgIpc) is 2.45. The van der Waals surface area contributed by atoms with Crippen molar-refractivity contribution in [2.24, 2.45) is 23.7 Å². The third-order valence-corrected chi connectivity index (χ3v) is 16.5. The van der Waals surface area contributed by atoms with E-state index in [0.29, 0.717) is 35.8 Å². The van der Waals surface area contributed by atoms with Crippen molar-refractivity contribution in [1.29, 1.82) is 0 Å². The molecule has 22 heteroatoms. The Morgan fingerprint density at radius 3 is 0.967 bits per heavy atom. The van der Waals surface area contributed by atoms with E-state index in [4.69, 9.17) is 28.4 Å². The lowest BCUT2D eigenvalue weighted by atomic mass is 9.92. The van der Waals surface area contributed by atoms with E-state index in [1.165, 1.54) is 42.0 Å². The third-order valence-electron chi connectivity index (χ3n) is 16.5. The topological polar surface area (TPSA) is 241 Å². The molecule has 0 unspecified atom stereocenters. The molecule has 4 amide bonds. The van der Waals surface area contributed by atoms with Gasteiger partial charge in [-0.1, -0.05) is 104 Å². The minimum Gasteiger partial charge on any atom is -0.491 e. The second-order valence-corrected chi connectivity index (χ2v) is 26.4. The second-order valence-electron chi connectivity index (χ2n) is 26.4. The predicted octanol–water partition coefficient (Wildman–Crippen LogP) is 8.42. The maximum atomic E-state index is 15.2. The van der Waals surface area contributed by atoms with Crippen LogP contribution in [0.15, 0.2) is 73.3 Å². The van der Waals surface area contributed by atoms with Crippen molar-refractivity contribution < 1.29 is 66.8 Å². The molecular weight excluding hydrogens is 1150 g/mol. The number of carbonyl (C=O) groups excluding carboxylic acids is 8. The smallest absolute Gasteiger partial charge is 0.329 e. The number of ether oxygens (including phenoxy) is 6. The van der Waals surface area contributed by atoms with Gasteiger partial charge in [0.05, 0.1) is 49.1 Å². The maximum absolute atomic E-state index is 15.2. The molecule has 2 aromatic carbocycles. The summed E-state index contributed by atoms with van der Waals surface area (Å²) in [6.07, 6.45) is 0.658. The first-order valence-corrected chi connectivity index (χ1v) is 31.6. The Balaban J connectivity index is 1.60. The molecule has 0 spiro atoms. The number of hydrogen-bond acceptors (Lipinski definition) is 16. The monoisotopic (exact) mass is 1250 g/mol. The summed E-state index contributed by atoms with van der Waals surface area (Å²) in [5.41, 5.74) is 1.60. The quantitative estimate of drug-likeness (QED) is 0.0596. The van der Waals surface area contributed by atoms with Crippen molar-refractivity contribution in [2.75, 3.05) is 41.4 Å². The number of benzene rings is 2. The van der Waals surface area contributed by atoms with Crippen LogP contribution in [0, 0.1) is 23.7 Å². The normalized spacial score (nSPS) is 22.3. The van der Waals surface area contributed by atoms with E-state index in [1.807, 2.05) is 121 Å². The molecule has 0 bridgehead atoms. The average molecular weight is 1250 g/mol. The van der Waals surface area contributed by atoms with Crippen molar-refractivity contribution in [3.05, 3.63) is 95.6 Å². The number of hydrogen-bond donors (Lipinski definition) is 0. The fourth-order valence-electron chi connectivity index (χ4n) is 11.0. The Morgan fingerprint density at radius 1 is 0.433 bits per heavy atom. The molecule has 2 aromatic heterocycles. The Kier molecular flexibility index (Phi) is 25.8. The predicted molar refractivity (Wildman–Crippen MR) is 339 cm³/mol. The SMILES string of the molecule is CCOc1cnn(C(C)(C)c2ccc(C[C@H]3OC(=O)[C@H](CC(C)C)N(C)C(=O)[C@@H](C)OC(=O)[C@H](CC(C)C)N(C)C(=O)[C@@H](Cc4ccc(C(C)(C)n5cc(OCC)cn5)cc4)OC(=O)[C@H](CC(C)C)N(C)C(=O)[C@@H](C)OC(=O)[C@H](CC(C)C)N(C)C3=O)cc2)c1. The zero-order chi connectivity index (χ0) is 67.3. The van der Waals surface area contributed by atoms with Gasteiger partial charge in [0.1, 0.15) is 24.2 Å². The van der Waals surface area contributed by atoms with E-state index in [-0.39, 0.29) is 62.2 Å². The molecule has 4 aromatic rings. The Morgan fingerprint density at radius 2 is 0.700 bits per heavy atom. The van der Waals surface area contributed by atoms with Gasteiger partial charge in [0.15, 0.2) is 35.9 Å². The van der Waals surface area contributed by atoms with Gasteiger partial charge in [-0.3, -0.25) is 28.5 Å². The highest BCUT2D eigenvalue weighted by Gasteiger charge is 2.43. The minimum absolute atomic E-state index is 0.0643. The molecule has 22 nitrogen and oxygen atoms in total. The van der Waals surface area contributed by atoms with Gasteiger partial charge >= 0.3 is 23.9 Å². The number of carbonyl (C=O) groups is 8. The fourth-order valence-corrected chi connectivity index (χ4v) is 11.0. The summed E-state index contributed by atoms with van der Waals surface area (Å²) in [7, 11) is 5.57. The summed E-state index contributed by atoms with van der Waals surface area (Å²) >= 11 is 0. The molecule has 3 heterocycles. The molecule has 5 rings (SSSR count). The van der Waals surface area contributed by atoms with Crippen LogP contribution in [-0.4, -0.2) is 177 Å². The van der Waals surface area contributed by atoms with Gasteiger partial charge in [-0.25, -0.2) is 19.2 Å². The lowest BCUT2D eigenvalue weighted by molar-refractivity contribution is -0.176. The number of amides is 4. The van der Waals surface area contributed by atoms with Crippen molar-refractivity contribution in [3.63, 3.8) is 0 Å². The summed E-state index contributed by atoms with van der Waals surface area (Å²) in [5, 5.41) is 9.06. The fraction of sp³-hybridized carbons (Fsp3) is 0.618. The summed E-state index contributed by atoms with van der Waals surface area (Å²) in [5.74, 6) is -6.40. The highest BCUT2D eigenvalue weighted by molar-refractivity contribution is 5.94. The number of esters is 4. The summed E-state index contributed by atoms with van der Waals surface area (Å²) in [4.78, 5) is 123. The van der Waals surface area contributed by atoms with Gasteiger partial charge in [-0.2, -0.15) is 10.2 Å². The third kappa shape index (κ3) is 18.7. The van der Waals surface area contributed by atoms with Crippen molar-refractivity contribution in [2.45, 2.75) is 209 Å². The lowest BCUT2D eigenvalue weighted by Crippen LogP contribution is -2.55. The van der Waals surface area contributed by atoms with Gasteiger partial charge in [0, 0.05) is 41.0 Å². The Labute approximate surface area is 532 Å². The Bertz CT molecular complexity index is 2860. The zero-order valence-corrected chi connectivity index (χ0v) is 56.8. The second kappa shape index (κ2) is 31.8. The van der Waals surface area contributed by atoms with Crippen molar-refractivity contribution in [3.8, 4) is 11.5 Å². The Hall–Kier alpha value is -7.78. The highest BCUT2D eigenvalue weighted by Crippen LogP contribution is 2.31. The van der Waals surface area contributed by atoms with Gasteiger partial charge in [-0.15, -0.1) is 0 Å². The lowest BCUT2D eigenvalue weighted by Gasteiger charge is -2.35. The van der Waals surface area contributed by atoms with Crippen LogP contribution in [0.1, 0.15) is 159 Å². The number of aromatic nitrogens is 4. The van der Waals surface area contributed by atoms with Crippen LogP contribution in [0.4, 0.5) is 0 Å². The van der Waals surface area contributed by atoms with Crippen LogP contribution >= 0.6 is 0 Å². The summed E-state index contributed by atoms with van der Waals surface area (Å²) < 4.78 is 39.3. The largest absolute Gasteiger partial charge is 0.491 e.